The highest BCUT2D eigenvalue weighted by Crippen LogP contribution is 2.30. The lowest BCUT2D eigenvalue weighted by molar-refractivity contribution is -0.147. The molecule has 1 aliphatic carbocycles. The van der Waals surface area contributed by atoms with Gasteiger partial charge in [0, 0.05) is 32.2 Å². The van der Waals surface area contributed by atoms with E-state index in [-0.39, 0.29) is 30.4 Å². The van der Waals surface area contributed by atoms with Gasteiger partial charge in [-0.05, 0) is 39.5 Å². The Morgan fingerprint density at radius 3 is 2.30 bits per heavy atom. The van der Waals surface area contributed by atoms with E-state index in [2.05, 4.69) is 0 Å². The van der Waals surface area contributed by atoms with E-state index in [0.29, 0.717) is 26.2 Å². The number of amides is 3. The van der Waals surface area contributed by atoms with Gasteiger partial charge >= 0.3 is 12.0 Å². The van der Waals surface area contributed by atoms with Crippen LogP contribution in [0.3, 0.4) is 0 Å². The highest BCUT2D eigenvalue weighted by atomic mass is 16.4. The highest BCUT2D eigenvalue weighted by Gasteiger charge is 2.39. The number of piperidine rings is 1. The predicted octanol–water partition coefficient (Wildman–Crippen LogP) is 1.24. The number of carbonyl (C=O) groups excluding carboxylic acids is 2. The molecular weight excluding hydrogens is 298 g/mol. The van der Waals surface area contributed by atoms with E-state index in [4.69, 9.17) is 5.11 Å². The van der Waals surface area contributed by atoms with Gasteiger partial charge in [0.25, 0.3) is 0 Å². The van der Waals surface area contributed by atoms with E-state index in [0.717, 1.165) is 25.7 Å². The van der Waals surface area contributed by atoms with Gasteiger partial charge in [-0.1, -0.05) is 0 Å². The third-order valence-electron chi connectivity index (χ3n) is 4.65. The van der Waals surface area contributed by atoms with Gasteiger partial charge in [-0.2, -0.15) is 0 Å². The smallest absolute Gasteiger partial charge is 0.323 e. The Balaban J connectivity index is 2.00. The molecule has 2 fully saturated rings. The van der Waals surface area contributed by atoms with Gasteiger partial charge in [-0.3, -0.25) is 9.59 Å². The minimum atomic E-state index is -0.975. The number of hydrogen-bond acceptors (Lipinski definition) is 3. The minimum absolute atomic E-state index is 0.0243. The molecular formula is C16H27N3O4. The van der Waals surface area contributed by atoms with Crippen molar-refractivity contribution in [2.75, 3.05) is 32.7 Å². The lowest BCUT2D eigenvalue weighted by Gasteiger charge is -2.37. The highest BCUT2D eigenvalue weighted by molar-refractivity contribution is 5.84. The fraction of sp³-hybridized carbons (Fsp3) is 0.812. The summed E-state index contributed by atoms with van der Waals surface area (Å²) in [6.07, 6.45) is 3.28. The molecule has 0 aromatic heterocycles. The van der Waals surface area contributed by atoms with Gasteiger partial charge < -0.3 is 19.8 Å². The van der Waals surface area contributed by atoms with Gasteiger partial charge in [0.2, 0.25) is 5.91 Å². The normalized spacial score (nSPS) is 21.0. The van der Waals surface area contributed by atoms with Crippen LogP contribution in [0.1, 0.15) is 39.5 Å². The monoisotopic (exact) mass is 325 g/mol. The Morgan fingerprint density at radius 1 is 1.13 bits per heavy atom. The summed E-state index contributed by atoms with van der Waals surface area (Å²) in [5.41, 5.74) is 0. The largest absolute Gasteiger partial charge is 0.480 e. The number of likely N-dealkylation sites (tertiary alicyclic amines) is 1. The van der Waals surface area contributed by atoms with Crippen molar-refractivity contribution >= 4 is 17.9 Å². The summed E-state index contributed by atoms with van der Waals surface area (Å²) in [6.45, 7) is 6.02. The van der Waals surface area contributed by atoms with Gasteiger partial charge in [-0.15, -0.1) is 0 Å². The summed E-state index contributed by atoms with van der Waals surface area (Å²) in [5, 5.41) is 9.02. The number of carbonyl (C=O) groups is 3. The van der Waals surface area contributed by atoms with Crippen LogP contribution in [0.2, 0.25) is 0 Å². The van der Waals surface area contributed by atoms with Crippen molar-refractivity contribution in [1.82, 2.24) is 14.7 Å². The zero-order valence-electron chi connectivity index (χ0n) is 14.0. The van der Waals surface area contributed by atoms with Crippen molar-refractivity contribution in [2.24, 2.45) is 5.92 Å². The third kappa shape index (κ3) is 4.36. The van der Waals surface area contributed by atoms with E-state index in [1.54, 1.807) is 9.80 Å². The molecule has 1 N–H and O–H groups in total. The molecule has 2 rings (SSSR count). The standard InChI is InChI=1S/C16H27N3O4/c1-3-17(4-2)16(23)18-9-5-6-12(10-18)15(22)19(11-14(20)21)13-7-8-13/h12-13H,3-11H2,1-2H3,(H,20,21)/t12-/m0/s1. The average Bonchev–Trinajstić information content (AvgIpc) is 3.37. The maximum atomic E-state index is 12.7. The zero-order chi connectivity index (χ0) is 17.0. The van der Waals surface area contributed by atoms with Crippen molar-refractivity contribution in [1.29, 1.82) is 0 Å². The van der Waals surface area contributed by atoms with Gasteiger partial charge in [0.1, 0.15) is 6.54 Å². The molecule has 0 aromatic carbocycles. The second kappa shape index (κ2) is 7.66. The third-order valence-corrected chi connectivity index (χ3v) is 4.65. The number of hydrogen-bond donors (Lipinski definition) is 1. The maximum Gasteiger partial charge on any atom is 0.323 e. The molecule has 7 nitrogen and oxygen atoms in total. The quantitative estimate of drug-likeness (QED) is 0.796. The Bertz CT molecular complexity index is 460. The molecule has 130 valence electrons. The molecule has 1 atom stereocenters. The Kier molecular flexibility index (Phi) is 5.85. The Hall–Kier alpha value is -1.79. The van der Waals surface area contributed by atoms with Crippen LogP contribution in [0, 0.1) is 5.92 Å². The van der Waals surface area contributed by atoms with Gasteiger partial charge in [0.15, 0.2) is 0 Å². The number of aliphatic carboxylic acids is 1. The van der Waals surface area contributed by atoms with Crippen molar-refractivity contribution in [2.45, 2.75) is 45.6 Å². The first-order valence-corrected chi connectivity index (χ1v) is 8.54. The summed E-state index contributed by atoms with van der Waals surface area (Å²) in [5.74, 6) is -1.35. The summed E-state index contributed by atoms with van der Waals surface area (Å²) < 4.78 is 0. The molecule has 0 spiro atoms. The fourth-order valence-corrected chi connectivity index (χ4v) is 3.20. The molecule has 1 aliphatic heterocycles. The van der Waals surface area contributed by atoms with E-state index in [9.17, 15) is 14.4 Å². The zero-order valence-corrected chi connectivity index (χ0v) is 14.0. The Labute approximate surface area is 137 Å². The van der Waals surface area contributed by atoms with Crippen molar-refractivity contribution in [3.63, 3.8) is 0 Å². The summed E-state index contributed by atoms with van der Waals surface area (Å²) in [4.78, 5) is 41.2. The second-order valence-electron chi connectivity index (χ2n) is 6.33. The molecule has 7 heteroatoms. The van der Waals surface area contributed by atoms with Gasteiger partial charge in [0.05, 0.1) is 5.92 Å². The first-order chi connectivity index (χ1) is 11.0. The number of carboxylic acid groups (broad SMARTS) is 1. The van der Waals surface area contributed by atoms with Crippen LogP contribution < -0.4 is 0 Å². The topological polar surface area (TPSA) is 81.2 Å². The summed E-state index contributed by atoms with van der Waals surface area (Å²) in [6, 6.07) is 0.0520. The van der Waals surface area contributed by atoms with Crippen LogP contribution >= 0.6 is 0 Å². The first-order valence-electron chi connectivity index (χ1n) is 8.54. The lowest BCUT2D eigenvalue weighted by Crippen LogP contribution is -2.51. The van der Waals surface area contributed by atoms with Crippen LogP contribution in [0.4, 0.5) is 4.79 Å². The molecule has 1 saturated carbocycles. The fourth-order valence-electron chi connectivity index (χ4n) is 3.20. The summed E-state index contributed by atoms with van der Waals surface area (Å²) >= 11 is 0. The number of urea groups is 1. The maximum absolute atomic E-state index is 12.7. The second-order valence-corrected chi connectivity index (χ2v) is 6.33. The van der Waals surface area contributed by atoms with E-state index in [1.807, 2.05) is 13.8 Å². The van der Waals surface area contributed by atoms with Crippen LogP contribution in [0.15, 0.2) is 0 Å². The van der Waals surface area contributed by atoms with Crippen LogP contribution in [-0.2, 0) is 9.59 Å². The molecule has 1 heterocycles. The molecule has 3 amide bonds. The molecule has 1 saturated heterocycles. The lowest BCUT2D eigenvalue weighted by atomic mass is 9.96. The number of rotatable bonds is 6. The predicted molar refractivity (Wildman–Crippen MR) is 85.0 cm³/mol. The number of carboxylic acids is 1. The van der Waals surface area contributed by atoms with E-state index >= 15 is 0 Å². The van der Waals surface area contributed by atoms with E-state index < -0.39 is 5.97 Å². The minimum Gasteiger partial charge on any atom is -0.480 e. The average molecular weight is 325 g/mol. The number of nitrogens with zero attached hydrogens (tertiary/aromatic N) is 3. The van der Waals surface area contributed by atoms with Crippen LogP contribution in [0.25, 0.3) is 0 Å². The summed E-state index contributed by atoms with van der Waals surface area (Å²) in [7, 11) is 0. The van der Waals surface area contributed by atoms with E-state index in [1.165, 1.54) is 4.90 Å². The molecule has 0 bridgehead atoms. The molecule has 0 radical (unpaired) electrons. The molecule has 23 heavy (non-hydrogen) atoms. The first kappa shape index (κ1) is 17.6. The molecule has 0 aromatic rings. The van der Waals surface area contributed by atoms with Gasteiger partial charge in [-0.25, -0.2) is 4.79 Å². The SMILES string of the molecule is CCN(CC)C(=O)N1CCC[C@H](C(=O)N(CC(=O)O)C2CC2)C1. The van der Waals surface area contributed by atoms with Crippen LogP contribution in [-0.4, -0.2) is 76.5 Å². The van der Waals surface area contributed by atoms with Crippen molar-refractivity contribution < 1.29 is 19.5 Å². The Morgan fingerprint density at radius 2 is 1.78 bits per heavy atom. The van der Waals surface area contributed by atoms with Crippen molar-refractivity contribution in [3.05, 3.63) is 0 Å². The van der Waals surface area contributed by atoms with Crippen molar-refractivity contribution in [3.8, 4) is 0 Å². The van der Waals surface area contributed by atoms with Crippen LogP contribution in [0.5, 0.6) is 0 Å². The molecule has 0 unspecified atom stereocenters. The molecule has 2 aliphatic rings.